The van der Waals surface area contributed by atoms with Gasteiger partial charge in [-0.25, -0.2) is 4.79 Å². The van der Waals surface area contributed by atoms with Gasteiger partial charge in [0.1, 0.15) is 0 Å². The third-order valence-electron chi connectivity index (χ3n) is 3.29. The lowest BCUT2D eigenvalue weighted by molar-refractivity contribution is -0.121. The van der Waals surface area contributed by atoms with Gasteiger partial charge in [-0.05, 0) is 25.7 Å². The van der Waals surface area contributed by atoms with Crippen LogP contribution in [0, 0.1) is 0 Å². The molecular weight excluding hydrogens is 284 g/mol. The second kappa shape index (κ2) is 14.2. The van der Waals surface area contributed by atoms with Gasteiger partial charge >= 0.3 is 6.03 Å². The average molecular weight is 314 g/mol. The highest BCUT2D eigenvalue weighted by Gasteiger charge is 2.01. The Labute approximate surface area is 133 Å². The van der Waals surface area contributed by atoms with Crippen molar-refractivity contribution in [2.24, 2.45) is 0 Å². The molecule has 4 N–H and O–H groups in total. The molecule has 0 aromatic carbocycles. The van der Waals surface area contributed by atoms with Gasteiger partial charge in [-0.15, -0.1) is 0 Å². The molecule has 0 aliphatic heterocycles. The molecule has 22 heavy (non-hydrogen) atoms. The molecule has 0 aromatic heterocycles. The molecule has 0 radical (unpaired) electrons. The number of hydrogen-bond acceptors (Lipinski definition) is 3. The molecule has 128 valence electrons. The molecular formula is C15H30N4O3. The van der Waals surface area contributed by atoms with E-state index < -0.39 is 0 Å². The lowest BCUT2D eigenvalue weighted by Crippen LogP contribution is -2.36. The van der Waals surface area contributed by atoms with Crippen LogP contribution in [0.25, 0.3) is 0 Å². The lowest BCUT2D eigenvalue weighted by Gasteiger charge is -2.07. The molecule has 4 amide bonds. The summed E-state index contributed by atoms with van der Waals surface area (Å²) in [6.45, 7) is 1.24. The zero-order valence-electron chi connectivity index (χ0n) is 13.8. The number of nitrogens with one attached hydrogen (secondary N) is 4. The molecule has 0 aliphatic carbocycles. The fraction of sp³-hybridized carbons (Fsp3) is 0.800. The van der Waals surface area contributed by atoms with E-state index in [0.29, 0.717) is 25.9 Å². The van der Waals surface area contributed by atoms with Gasteiger partial charge in [0.05, 0.1) is 0 Å². The Balaban J connectivity index is 3.29. The predicted octanol–water partition coefficient (Wildman–Crippen LogP) is 0.898. The van der Waals surface area contributed by atoms with Crippen LogP contribution in [0.4, 0.5) is 4.79 Å². The summed E-state index contributed by atoms with van der Waals surface area (Å²) in [4.78, 5) is 33.4. The number of urea groups is 1. The van der Waals surface area contributed by atoms with Crippen molar-refractivity contribution in [2.45, 2.75) is 51.4 Å². The number of amides is 4. The van der Waals surface area contributed by atoms with Gasteiger partial charge in [0.15, 0.2) is 0 Å². The van der Waals surface area contributed by atoms with Crippen molar-refractivity contribution < 1.29 is 14.4 Å². The summed E-state index contributed by atoms with van der Waals surface area (Å²) in [5.41, 5.74) is 0. The van der Waals surface area contributed by atoms with Gasteiger partial charge in [0.25, 0.3) is 0 Å². The van der Waals surface area contributed by atoms with Crippen LogP contribution in [0.15, 0.2) is 0 Å². The molecule has 0 heterocycles. The van der Waals surface area contributed by atoms with Crippen molar-refractivity contribution in [3.05, 3.63) is 0 Å². The topological polar surface area (TPSA) is 99.3 Å². The summed E-state index contributed by atoms with van der Waals surface area (Å²) in [6, 6.07) is -0.155. The maximum absolute atomic E-state index is 11.5. The first-order valence-electron chi connectivity index (χ1n) is 8.03. The second-order valence-electron chi connectivity index (χ2n) is 5.15. The molecule has 7 nitrogen and oxygen atoms in total. The van der Waals surface area contributed by atoms with E-state index in [1.54, 1.807) is 14.1 Å². The first-order valence-corrected chi connectivity index (χ1v) is 8.03. The molecule has 0 aliphatic rings. The van der Waals surface area contributed by atoms with E-state index >= 15 is 0 Å². The maximum atomic E-state index is 11.5. The highest BCUT2D eigenvalue weighted by atomic mass is 16.2. The van der Waals surface area contributed by atoms with Crippen molar-refractivity contribution in [2.75, 3.05) is 27.2 Å². The van der Waals surface area contributed by atoms with Gasteiger partial charge in [-0.3, -0.25) is 9.59 Å². The van der Waals surface area contributed by atoms with Crippen LogP contribution < -0.4 is 21.3 Å². The first kappa shape index (κ1) is 20.2. The fourth-order valence-corrected chi connectivity index (χ4v) is 1.89. The highest BCUT2D eigenvalue weighted by Crippen LogP contribution is 1.99. The smallest absolute Gasteiger partial charge is 0.314 e. The Kier molecular flexibility index (Phi) is 13.0. The maximum Gasteiger partial charge on any atom is 0.314 e. The van der Waals surface area contributed by atoms with Gasteiger partial charge in [0.2, 0.25) is 11.8 Å². The Morgan fingerprint density at radius 1 is 0.636 bits per heavy atom. The standard InChI is InChI=1S/C15H30N4O3/c1-16-13(20)9-5-3-7-11-18-15(22)19-12-8-4-6-10-14(21)17-2/h3-12H2,1-2H3,(H,16,20)(H,17,21)(H2,18,19,22). The first-order chi connectivity index (χ1) is 10.6. The zero-order chi connectivity index (χ0) is 16.6. The molecule has 0 saturated carbocycles. The number of carbonyl (C=O) groups is 3. The minimum atomic E-state index is -0.155. The summed E-state index contributed by atoms with van der Waals surface area (Å²) < 4.78 is 0. The summed E-state index contributed by atoms with van der Waals surface area (Å²) in [6.07, 6.45) is 6.35. The number of hydrogen-bond donors (Lipinski definition) is 4. The van der Waals surface area contributed by atoms with Crippen LogP contribution in [0.3, 0.4) is 0 Å². The van der Waals surface area contributed by atoms with Crippen molar-refractivity contribution in [3.8, 4) is 0 Å². The molecule has 0 saturated heterocycles. The van der Waals surface area contributed by atoms with Gasteiger partial charge in [0, 0.05) is 40.0 Å². The molecule has 0 unspecified atom stereocenters. The quantitative estimate of drug-likeness (QED) is 0.403. The minimum absolute atomic E-state index is 0.0575. The third-order valence-corrected chi connectivity index (χ3v) is 3.29. The molecule has 0 rings (SSSR count). The summed E-state index contributed by atoms with van der Waals surface area (Å²) in [7, 11) is 3.26. The van der Waals surface area contributed by atoms with Crippen molar-refractivity contribution in [3.63, 3.8) is 0 Å². The van der Waals surface area contributed by atoms with Crippen LogP contribution >= 0.6 is 0 Å². The van der Waals surface area contributed by atoms with Crippen LogP contribution in [-0.4, -0.2) is 45.0 Å². The summed E-state index contributed by atoms with van der Waals surface area (Å²) >= 11 is 0. The molecule has 0 bridgehead atoms. The molecule has 7 heteroatoms. The van der Waals surface area contributed by atoms with E-state index in [0.717, 1.165) is 38.5 Å². The average Bonchev–Trinajstić information content (AvgIpc) is 2.53. The summed E-state index contributed by atoms with van der Waals surface area (Å²) in [5, 5.41) is 10.7. The van der Waals surface area contributed by atoms with Crippen molar-refractivity contribution >= 4 is 17.8 Å². The van der Waals surface area contributed by atoms with E-state index in [4.69, 9.17) is 0 Å². The van der Waals surface area contributed by atoms with Gasteiger partial charge in [-0.2, -0.15) is 0 Å². The minimum Gasteiger partial charge on any atom is -0.359 e. The fourth-order valence-electron chi connectivity index (χ4n) is 1.89. The van der Waals surface area contributed by atoms with E-state index in [2.05, 4.69) is 21.3 Å². The van der Waals surface area contributed by atoms with Crippen LogP contribution in [0.2, 0.25) is 0 Å². The Hall–Kier alpha value is -1.79. The van der Waals surface area contributed by atoms with E-state index in [1.807, 2.05) is 0 Å². The normalized spacial score (nSPS) is 9.91. The Bertz CT molecular complexity index is 305. The summed E-state index contributed by atoms with van der Waals surface area (Å²) in [5.74, 6) is 0.115. The molecule has 0 aromatic rings. The van der Waals surface area contributed by atoms with Crippen LogP contribution in [0.5, 0.6) is 0 Å². The zero-order valence-corrected chi connectivity index (χ0v) is 13.8. The molecule has 0 spiro atoms. The highest BCUT2D eigenvalue weighted by molar-refractivity contribution is 5.75. The van der Waals surface area contributed by atoms with E-state index in [9.17, 15) is 14.4 Å². The van der Waals surface area contributed by atoms with Crippen LogP contribution in [-0.2, 0) is 9.59 Å². The Morgan fingerprint density at radius 3 is 1.41 bits per heavy atom. The lowest BCUT2D eigenvalue weighted by atomic mass is 10.2. The molecule has 0 atom stereocenters. The second-order valence-corrected chi connectivity index (χ2v) is 5.15. The predicted molar refractivity (Wildman–Crippen MR) is 86.5 cm³/mol. The van der Waals surface area contributed by atoms with E-state index in [-0.39, 0.29) is 17.8 Å². The monoisotopic (exact) mass is 314 g/mol. The van der Waals surface area contributed by atoms with Crippen LogP contribution in [0.1, 0.15) is 51.4 Å². The Morgan fingerprint density at radius 2 is 1.05 bits per heavy atom. The van der Waals surface area contributed by atoms with Gasteiger partial charge < -0.3 is 21.3 Å². The number of unbranched alkanes of at least 4 members (excludes halogenated alkanes) is 4. The van der Waals surface area contributed by atoms with E-state index in [1.165, 1.54) is 0 Å². The van der Waals surface area contributed by atoms with Crippen molar-refractivity contribution in [1.82, 2.24) is 21.3 Å². The third kappa shape index (κ3) is 13.2. The number of carbonyl (C=O) groups excluding carboxylic acids is 3. The van der Waals surface area contributed by atoms with Crippen molar-refractivity contribution in [1.29, 1.82) is 0 Å². The van der Waals surface area contributed by atoms with Gasteiger partial charge in [-0.1, -0.05) is 12.8 Å². The largest absolute Gasteiger partial charge is 0.359 e. The number of rotatable bonds is 12. The molecule has 0 fully saturated rings. The SMILES string of the molecule is CNC(=O)CCCCCNC(=O)NCCCCCC(=O)NC.